The summed E-state index contributed by atoms with van der Waals surface area (Å²) in [5.41, 5.74) is 6.47. The number of carbonyl (C=O) groups is 1. The first-order chi connectivity index (χ1) is 14.3. The first-order valence-corrected chi connectivity index (χ1v) is 10.8. The highest BCUT2D eigenvalue weighted by Crippen LogP contribution is 2.34. The van der Waals surface area contributed by atoms with Crippen LogP contribution < -0.4 is 15.0 Å². The van der Waals surface area contributed by atoms with E-state index in [1.54, 1.807) is 0 Å². The van der Waals surface area contributed by atoms with Crippen molar-refractivity contribution < 1.29 is 14.3 Å². The van der Waals surface area contributed by atoms with E-state index in [1.165, 1.54) is 54.4 Å². The monoisotopic (exact) mass is 410 g/mol. The molecule has 0 saturated carbocycles. The van der Waals surface area contributed by atoms with Crippen LogP contribution in [0.15, 0.2) is 36.4 Å². The molecule has 0 spiro atoms. The predicted octanol–water partition coefficient (Wildman–Crippen LogP) is 5.41. The van der Waals surface area contributed by atoms with Crippen molar-refractivity contribution in [2.75, 3.05) is 25.6 Å². The highest BCUT2D eigenvalue weighted by atomic mass is 16.6. The molecule has 2 aromatic carbocycles. The Morgan fingerprint density at radius 1 is 0.967 bits per heavy atom. The molecule has 4 rings (SSSR count). The van der Waals surface area contributed by atoms with Gasteiger partial charge in [-0.2, -0.15) is 0 Å². The van der Waals surface area contributed by atoms with Crippen molar-refractivity contribution >= 4 is 17.5 Å². The summed E-state index contributed by atoms with van der Waals surface area (Å²) in [6.45, 7) is 6.31. The number of anilines is 2. The fourth-order valence-electron chi connectivity index (χ4n) is 3.78. The lowest BCUT2D eigenvalue weighted by Gasteiger charge is -2.24. The van der Waals surface area contributed by atoms with Gasteiger partial charge in [-0.1, -0.05) is 12.1 Å². The van der Waals surface area contributed by atoms with E-state index in [1.807, 2.05) is 20.8 Å². The van der Waals surface area contributed by atoms with Gasteiger partial charge in [0.2, 0.25) is 0 Å². The fraction of sp³-hybridized carbons (Fsp3) is 0.480. The molecule has 0 fully saturated rings. The zero-order chi connectivity index (χ0) is 21.7. The third-order valence-corrected chi connectivity index (χ3v) is 5.36. The van der Waals surface area contributed by atoms with Crippen LogP contribution in [0.2, 0.25) is 0 Å². The molecule has 0 bridgehead atoms. The number of hydrogen-bond donors (Lipinski definition) is 1. The van der Waals surface area contributed by atoms with E-state index in [0.717, 1.165) is 25.2 Å². The van der Waals surface area contributed by atoms with Crippen molar-refractivity contribution in [1.29, 1.82) is 0 Å². The normalized spacial score (nSPS) is 14.4. The lowest BCUT2D eigenvalue weighted by molar-refractivity contribution is 0.0541. The van der Waals surface area contributed by atoms with E-state index >= 15 is 0 Å². The molecule has 5 nitrogen and oxygen atoms in total. The van der Waals surface area contributed by atoms with Crippen molar-refractivity contribution in [3.63, 3.8) is 0 Å². The van der Waals surface area contributed by atoms with Crippen LogP contribution >= 0.6 is 0 Å². The van der Waals surface area contributed by atoms with Gasteiger partial charge in [-0.15, -0.1) is 0 Å². The number of carbonyl (C=O) groups excluding carboxylic acids is 1. The number of benzene rings is 2. The molecule has 1 heterocycles. The maximum absolute atomic E-state index is 10.5. The molecule has 2 aliphatic rings. The topological polar surface area (TPSA) is 50.8 Å². The highest BCUT2D eigenvalue weighted by molar-refractivity contribution is 5.67. The van der Waals surface area contributed by atoms with Crippen molar-refractivity contribution in [2.24, 2.45) is 0 Å². The Bertz CT molecular complexity index is 886. The molecule has 0 radical (unpaired) electrons. The molecular weight excluding hydrogens is 376 g/mol. The zero-order valence-electron chi connectivity index (χ0n) is 18.9. The largest absolute Gasteiger partial charge is 0.493 e. The minimum atomic E-state index is -0.389. The van der Waals surface area contributed by atoms with Crippen LogP contribution in [-0.2, 0) is 24.0 Å². The van der Waals surface area contributed by atoms with Gasteiger partial charge < -0.3 is 19.7 Å². The molecule has 5 heteroatoms. The summed E-state index contributed by atoms with van der Waals surface area (Å²) in [6, 6.07) is 13.5. The van der Waals surface area contributed by atoms with Crippen molar-refractivity contribution in [2.45, 2.75) is 58.5 Å². The summed E-state index contributed by atoms with van der Waals surface area (Å²) in [5.74, 6) is 1.06. The van der Waals surface area contributed by atoms with Gasteiger partial charge in [0.1, 0.15) is 11.4 Å². The molecule has 0 saturated heterocycles. The summed E-state index contributed by atoms with van der Waals surface area (Å²) in [7, 11) is 3.68. The number of nitrogens with one attached hydrogen (secondary N) is 1. The van der Waals surface area contributed by atoms with Gasteiger partial charge in [0.05, 0.1) is 6.61 Å². The molecule has 0 atom stereocenters. The number of aryl methyl sites for hydroxylation is 3. The van der Waals surface area contributed by atoms with Crippen LogP contribution in [-0.4, -0.2) is 32.4 Å². The second-order valence-corrected chi connectivity index (χ2v) is 8.86. The molecule has 1 aliphatic heterocycles. The van der Waals surface area contributed by atoms with E-state index in [0.29, 0.717) is 0 Å². The molecule has 0 aromatic heterocycles. The maximum Gasteiger partial charge on any atom is 0.407 e. The number of fused-ring (bicyclic) bond motifs is 2. The van der Waals surface area contributed by atoms with Crippen LogP contribution in [0.3, 0.4) is 0 Å². The number of ether oxygens (including phenoxy) is 2. The number of hydrogen-bond acceptors (Lipinski definition) is 4. The third-order valence-electron chi connectivity index (χ3n) is 5.36. The van der Waals surface area contributed by atoms with Crippen LogP contribution in [0.5, 0.6) is 5.75 Å². The van der Waals surface area contributed by atoms with Crippen molar-refractivity contribution in [1.82, 2.24) is 5.32 Å². The standard InChI is InChI=1S/C19H21NO.C6H13NO2/c1-20(17-9-7-14-4-2-5-16(14)12-17)18-10-8-15-6-3-11-21-19(15)13-18;1-6(2,3)9-5(8)7-4/h7-10,12-13H,2-6,11H2,1H3;1-4H3,(H,7,8). The van der Waals surface area contributed by atoms with Gasteiger partial charge in [-0.25, -0.2) is 4.79 Å². The molecule has 30 heavy (non-hydrogen) atoms. The quantitative estimate of drug-likeness (QED) is 0.719. The first kappa shape index (κ1) is 22.0. The van der Waals surface area contributed by atoms with Crippen LogP contribution in [0, 0.1) is 0 Å². The molecule has 2 aromatic rings. The summed E-state index contributed by atoms with van der Waals surface area (Å²) in [5, 5.41) is 2.36. The van der Waals surface area contributed by atoms with E-state index < -0.39 is 0 Å². The summed E-state index contributed by atoms with van der Waals surface area (Å²) in [4.78, 5) is 12.8. The van der Waals surface area contributed by atoms with Crippen LogP contribution in [0.4, 0.5) is 16.2 Å². The number of alkyl carbamates (subject to hydrolysis) is 1. The Morgan fingerprint density at radius 3 is 2.27 bits per heavy atom. The summed E-state index contributed by atoms with van der Waals surface area (Å²) < 4.78 is 10.6. The van der Waals surface area contributed by atoms with E-state index in [-0.39, 0.29) is 11.7 Å². The summed E-state index contributed by atoms with van der Waals surface area (Å²) in [6.07, 6.45) is 5.65. The Balaban J connectivity index is 0.000000244. The molecular formula is C25H34N2O3. The first-order valence-electron chi connectivity index (χ1n) is 10.8. The predicted molar refractivity (Wildman–Crippen MR) is 122 cm³/mol. The van der Waals surface area contributed by atoms with Crippen molar-refractivity contribution in [3.8, 4) is 5.75 Å². The number of nitrogens with zero attached hydrogens (tertiary/aromatic N) is 1. The summed E-state index contributed by atoms with van der Waals surface area (Å²) >= 11 is 0. The molecule has 1 N–H and O–H groups in total. The van der Waals surface area contributed by atoms with Gasteiger partial charge >= 0.3 is 6.09 Å². The molecule has 1 aliphatic carbocycles. The molecule has 162 valence electrons. The Kier molecular flexibility index (Phi) is 6.91. The van der Waals surface area contributed by atoms with Gasteiger partial charge in [-0.05, 0) is 87.8 Å². The van der Waals surface area contributed by atoms with Gasteiger partial charge in [0.15, 0.2) is 0 Å². The smallest absolute Gasteiger partial charge is 0.407 e. The molecule has 1 amide bonds. The van der Waals surface area contributed by atoms with Gasteiger partial charge in [0, 0.05) is 31.5 Å². The Labute approximate surface area is 180 Å². The number of rotatable bonds is 2. The van der Waals surface area contributed by atoms with E-state index in [2.05, 4.69) is 53.7 Å². The Morgan fingerprint density at radius 2 is 1.60 bits per heavy atom. The lowest BCUT2D eigenvalue weighted by Crippen LogP contribution is -2.30. The second-order valence-electron chi connectivity index (χ2n) is 8.86. The number of amides is 1. The van der Waals surface area contributed by atoms with Gasteiger partial charge in [0.25, 0.3) is 0 Å². The van der Waals surface area contributed by atoms with Crippen LogP contribution in [0.1, 0.15) is 50.3 Å². The second kappa shape index (κ2) is 9.41. The average Bonchev–Trinajstić information content (AvgIpc) is 3.20. The fourth-order valence-corrected chi connectivity index (χ4v) is 3.78. The third kappa shape index (κ3) is 5.68. The average molecular weight is 411 g/mol. The lowest BCUT2D eigenvalue weighted by atomic mass is 10.0. The maximum atomic E-state index is 10.5. The SMILES string of the molecule is CN(c1ccc2c(c1)CCC2)c1ccc2c(c1)OCCC2.CNC(=O)OC(C)(C)C. The zero-order valence-corrected chi connectivity index (χ0v) is 18.9. The highest BCUT2D eigenvalue weighted by Gasteiger charge is 2.16. The minimum Gasteiger partial charge on any atom is -0.493 e. The Hall–Kier alpha value is -2.69. The molecule has 0 unspecified atom stereocenters. The van der Waals surface area contributed by atoms with Gasteiger partial charge in [-0.3, -0.25) is 0 Å². The van der Waals surface area contributed by atoms with Crippen molar-refractivity contribution in [3.05, 3.63) is 53.1 Å². The van der Waals surface area contributed by atoms with E-state index in [4.69, 9.17) is 9.47 Å². The minimum absolute atomic E-state index is 0.387. The van der Waals surface area contributed by atoms with E-state index in [9.17, 15) is 4.79 Å². The van der Waals surface area contributed by atoms with Crippen LogP contribution in [0.25, 0.3) is 0 Å².